The second-order valence-corrected chi connectivity index (χ2v) is 4.40. The van der Waals surface area contributed by atoms with Gasteiger partial charge >= 0.3 is 0 Å². The Morgan fingerprint density at radius 1 is 1.29 bits per heavy atom. The Labute approximate surface area is 109 Å². The second-order valence-electron chi connectivity index (χ2n) is 4.40. The molecule has 1 aliphatic rings. The Bertz CT molecular complexity index is 253. The first-order chi connectivity index (χ1) is 7.59. The molecule has 6 heteroatoms. The number of hydrogen-bond donors (Lipinski definition) is 2. The summed E-state index contributed by atoms with van der Waals surface area (Å²) in [6.45, 7) is 3.52. The number of halogens is 1. The van der Waals surface area contributed by atoms with Crippen molar-refractivity contribution in [3.63, 3.8) is 0 Å². The van der Waals surface area contributed by atoms with Gasteiger partial charge in [-0.2, -0.15) is 0 Å². The molecule has 0 aromatic rings. The minimum atomic E-state index is -0.162. The van der Waals surface area contributed by atoms with Crippen molar-refractivity contribution in [3.8, 4) is 0 Å². The highest BCUT2D eigenvalue weighted by atomic mass is 35.5. The molecule has 1 atom stereocenters. The molecule has 1 aliphatic heterocycles. The van der Waals surface area contributed by atoms with Gasteiger partial charge in [0.2, 0.25) is 11.8 Å². The molecular weight excluding hydrogens is 242 g/mol. The maximum absolute atomic E-state index is 11.7. The number of hydrogen-bond acceptors (Lipinski definition) is 3. The van der Waals surface area contributed by atoms with Gasteiger partial charge in [-0.15, -0.1) is 12.4 Å². The lowest BCUT2D eigenvalue weighted by molar-refractivity contribution is -0.133. The number of carbonyl (C=O) groups excluding carboxylic acids is 2. The Morgan fingerprint density at radius 3 is 2.41 bits per heavy atom. The number of nitrogens with zero attached hydrogens (tertiary/aromatic N) is 1. The van der Waals surface area contributed by atoms with Crippen LogP contribution in [-0.2, 0) is 9.59 Å². The first-order valence-electron chi connectivity index (χ1n) is 5.89. The summed E-state index contributed by atoms with van der Waals surface area (Å²) in [5, 5.41) is 2.60. The van der Waals surface area contributed by atoms with Crippen molar-refractivity contribution in [2.75, 3.05) is 19.6 Å². The lowest BCUT2D eigenvalue weighted by atomic mass is 10.1. The van der Waals surface area contributed by atoms with Crippen LogP contribution in [0.4, 0.5) is 0 Å². The first kappa shape index (κ1) is 16.2. The second kappa shape index (κ2) is 8.31. The summed E-state index contributed by atoms with van der Waals surface area (Å²) in [6.07, 6.45) is 3.60. The van der Waals surface area contributed by atoms with Gasteiger partial charge in [-0.3, -0.25) is 9.59 Å². The summed E-state index contributed by atoms with van der Waals surface area (Å²) in [4.78, 5) is 24.8. The minimum absolute atomic E-state index is 0. The van der Waals surface area contributed by atoms with E-state index in [1.165, 1.54) is 6.42 Å². The van der Waals surface area contributed by atoms with Crippen LogP contribution in [0, 0.1) is 0 Å². The van der Waals surface area contributed by atoms with Crippen molar-refractivity contribution in [3.05, 3.63) is 0 Å². The lowest BCUT2D eigenvalue weighted by Gasteiger charge is -2.26. The molecule has 0 aromatic heterocycles. The SMILES string of the molecule is CC(N)CC(=O)NCC(=O)N1CCCCC1.Cl. The molecule has 0 aliphatic carbocycles. The van der Waals surface area contributed by atoms with E-state index < -0.39 is 0 Å². The molecule has 3 N–H and O–H groups in total. The zero-order valence-electron chi connectivity index (χ0n) is 10.3. The fourth-order valence-corrected chi connectivity index (χ4v) is 1.79. The van der Waals surface area contributed by atoms with Crippen LogP contribution in [0.1, 0.15) is 32.6 Å². The molecule has 17 heavy (non-hydrogen) atoms. The first-order valence-corrected chi connectivity index (χ1v) is 5.89. The summed E-state index contributed by atoms with van der Waals surface area (Å²) < 4.78 is 0. The fraction of sp³-hybridized carbons (Fsp3) is 0.818. The molecule has 100 valence electrons. The van der Waals surface area contributed by atoms with Crippen LogP contribution in [0.25, 0.3) is 0 Å². The zero-order chi connectivity index (χ0) is 12.0. The Kier molecular flexibility index (Phi) is 7.91. The molecular formula is C11H22ClN3O2. The maximum Gasteiger partial charge on any atom is 0.241 e. The number of amides is 2. The summed E-state index contributed by atoms with van der Waals surface area (Å²) in [5.41, 5.74) is 5.49. The number of carbonyl (C=O) groups is 2. The summed E-state index contributed by atoms with van der Waals surface area (Å²) in [5.74, 6) is -0.141. The molecule has 0 bridgehead atoms. The smallest absolute Gasteiger partial charge is 0.241 e. The van der Waals surface area contributed by atoms with E-state index in [1.54, 1.807) is 6.92 Å². The summed E-state index contributed by atoms with van der Waals surface area (Å²) >= 11 is 0. The van der Waals surface area contributed by atoms with Gasteiger partial charge in [0.1, 0.15) is 0 Å². The molecule has 2 amide bonds. The van der Waals surface area contributed by atoms with Gasteiger partial charge in [0.05, 0.1) is 6.54 Å². The zero-order valence-corrected chi connectivity index (χ0v) is 11.1. The molecule has 1 heterocycles. The standard InChI is InChI=1S/C11H21N3O2.ClH/c1-9(12)7-10(15)13-8-11(16)14-5-3-2-4-6-14;/h9H,2-8,12H2,1H3,(H,13,15);1H. The number of nitrogens with one attached hydrogen (secondary N) is 1. The van der Waals surface area contributed by atoms with Gasteiger partial charge in [-0.1, -0.05) is 0 Å². The lowest BCUT2D eigenvalue weighted by Crippen LogP contribution is -2.43. The Morgan fingerprint density at radius 2 is 1.88 bits per heavy atom. The van der Waals surface area contributed by atoms with Gasteiger partial charge in [0.15, 0.2) is 0 Å². The average molecular weight is 264 g/mol. The monoisotopic (exact) mass is 263 g/mol. The van der Waals surface area contributed by atoms with Crippen molar-refractivity contribution in [1.29, 1.82) is 0 Å². The van der Waals surface area contributed by atoms with Crippen LogP contribution in [0.5, 0.6) is 0 Å². The van der Waals surface area contributed by atoms with Crippen LogP contribution in [0.3, 0.4) is 0 Å². The Hall–Kier alpha value is -0.810. The molecule has 1 fully saturated rings. The summed E-state index contributed by atoms with van der Waals surface area (Å²) in [6, 6.07) is -0.162. The Balaban J connectivity index is 0.00000256. The predicted octanol–water partition coefficient (Wildman–Crippen LogP) is 0.274. The van der Waals surface area contributed by atoms with E-state index in [0.29, 0.717) is 0 Å². The van der Waals surface area contributed by atoms with E-state index >= 15 is 0 Å². The third-order valence-electron chi connectivity index (χ3n) is 2.65. The number of likely N-dealkylation sites (tertiary alicyclic amines) is 1. The van der Waals surface area contributed by atoms with E-state index in [4.69, 9.17) is 5.73 Å². The number of rotatable bonds is 4. The van der Waals surface area contributed by atoms with Crippen LogP contribution < -0.4 is 11.1 Å². The average Bonchev–Trinajstić information content (AvgIpc) is 2.26. The predicted molar refractivity (Wildman–Crippen MR) is 69.0 cm³/mol. The molecule has 0 saturated carbocycles. The highest BCUT2D eigenvalue weighted by Crippen LogP contribution is 2.08. The molecule has 5 nitrogen and oxygen atoms in total. The van der Waals surface area contributed by atoms with Gasteiger partial charge < -0.3 is 16.0 Å². The van der Waals surface area contributed by atoms with Crippen molar-refractivity contribution in [2.24, 2.45) is 5.73 Å². The highest BCUT2D eigenvalue weighted by molar-refractivity contribution is 5.85. The van der Waals surface area contributed by atoms with Gasteiger partial charge in [-0.05, 0) is 26.2 Å². The van der Waals surface area contributed by atoms with Crippen molar-refractivity contribution in [1.82, 2.24) is 10.2 Å². The van der Waals surface area contributed by atoms with Gasteiger partial charge in [0.25, 0.3) is 0 Å². The van der Waals surface area contributed by atoms with Crippen LogP contribution in [-0.4, -0.2) is 42.4 Å². The van der Waals surface area contributed by atoms with Gasteiger partial charge in [0, 0.05) is 25.6 Å². The molecule has 1 saturated heterocycles. The molecule has 0 spiro atoms. The summed E-state index contributed by atoms with van der Waals surface area (Å²) in [7, 11) is 0. The highest BCUT2D eigenvalue weighted by Gasteiger charge is 2.16. The molecule has 1 unspecified atom stereocenters. The van der Waals surface area contributed by atoms with Crippen molar-refractivity contribution in [2.45, 2.75) is 38.6 Å². The van der Waals surface area contributed by atoms with Gasteiger partial charge in [-0.25, -0.2) is 0 Å². The van der Waals surface area contributed by atoms with E-state index in [-0.39, 0.29) is 43.2 Å². The van der Waals surface area contributed by atoms with Crippen LogP contribution in [0.2, 0.25) is 0 Å². The van der Waals surface area contributed by atoms with Crippen molar-refractivity contribution >= 4 is 24.2 Å². The van der Waals surface area contributed by atoms with Crippen LogP contribution in [0.15, 0.2) is 0 Å². The van der Waals surface area contributed by atoms with E-state index in [1.807, 2.05) is 4.90 Å². The third-order valence-corrected chi connectivity index (χ3v) is 2.65. The molecule has 1 rings (SSSR count). The molecule has 0 radical (unpaired) electrons. The maximum atomic E-state index is 11.7. The third kappa shape index (κ3) is 6.48. The molecule has 0 aromatic carbocycles. The fourth-order valence-electron chi connectivity index (χ4n) is 1.79. The normalized spacial score (nSPS) is 16.9. The number of piperidine rings is 1. The van der Waals surface area contributed by atoms with Crippen molar-refractivity contribution < 1.29 is 9.59 Å². The quantitative estimate of drug-likeness (QED) is 0.765. The van der Waals surface area contributed by atoms with Crippen LogP contribution >= 0.6 is 12.4 Å². The number of nitrogens with two attached hydrogens (primary N) is 1. The minimum Gasteiger partial charge on any atom is -0.347 e. The largest absolute Gasteiger partial charge is 0.347 e. The van der Waals surface area contributed by atoms with E-state index in [9.17, 15) is 9.59 Å². The topological polar surface area (TPSA) is 75.4 Å². The van der Waals surface area contributed by atoms with E-state index in [0.717, 1.165) is 25.9 Å². The van der Waals surface area contributed by atoms with E-state index in [2.05, 4.69) is 5.32 Å².